The van der Waals surface area contributed by atoms with Crippen LogP contribution in [0.25, 0.3) is 0 Å². The van der Waals surface area contributed by atoms with Crippen molar-refractivity contribution in [2.75, 3.05) is 38.3 Å². The third-order valence-electron chi connectivity index (χ3n) is 3.39. The zero-order valence-corrected chi connectivity index (χ0v) is 11.5. The van der Waals surface area contributed by atoms with Crippen molar-refractivity contribution >= 4 is 11.9 Å². The number of hydrogen-bond acceptors (Lipinski definition) is 6. The number of nitrogens with zero attached hydrogens (tertiary/aromatic N) is 3. The quantitative estimate of drug-likeness (QED) is 0.725. The molecule has 1 aliphatic heterocycles. The van der Waals surface area contributed by atoms with Crippen molar-refractivity contribution in [3.05, 3.63) is 18.5 Å². The molecule has 1 aromatic heterocycles. The largest absolute Gasteiger partial charge is 0.396 e. The maximum atomic E-state index is 11.7. The van der Waals surface area contributed by atoms with E-state index >= 15 is 0 Å². The van der Waals surface area contributed by atoms with Gasteiger partial charge in [-0.05, 0) is 6.07 Å². The maximum absolute atomic E-state index is 11.7. The molecule has 0 unspecified atom stereocenters. The van der Waals surface area contributed by atoms with Crippen LogP contribution in [0.1, 0.15) is 6.42 Å². The standard InChI is InChI=1S/C13H20N4O3/c1-20-6-3-12(19)16-11-8-17(7-10(11)9-18)13-14-4-2-5-15-13/h2,4-5,10-11,18H,3,6-9H2,1H3,(H,16,19)/t10-,11+/m0/s1. The lowest BCUT2D eigenvalue weighted by molar-refractivity contribution is -0.122. The summed E-state index contributed by atoms with van der Waals surface area (Å²) in [5.41, 5.74) is 0. The SMILES string of the molecule is COCCC(=O)N[C@@H]1CN(c2ncccn2)C[C@H]1CO. The van der Waals surface area contributed by atoms with Gasteiger partial charge >= 0.3 is 0 Å². The van der Waals surface area contributed by atoms with Crippen molar-refractivity contribution in [2.45, 2.75) is 12.5 Å². The Kier molecular flexibility index (Phi) is 5.25. The molecule has 1 saturated heterocycles. The number of aromatic nitrogens is 2. The summed E-state index contributed by atoms with van der Waals surface area (Å²) in [5.74, 6) is 0.552. The highest BCUT2D eigenvalue weighted by molar-refractivity contribution is 5.76. The number of carbonyl (C=O) groups is 1. The van der Waals surface area contributed by atoms with Crippen LogP contribution >= 0.6 is 0 Å². The van der Waals surface area contributed by atoms with E-state index in [1.54, 1.807) is 25.6 Å². The van der Waals surface area contributed by atoms with Gasteiger partial charge in [-0.3, -0.25) is 4.79 Å². The van der Waals surface area contributed by atoms with E-state index in [2.05, 4.69) is 15.3 Å². The average Bonchev–Trinajstić information content (AvgIpc) is 2.89. The predicted octanol–water partition coefficient (Wildman–Crippen LogP) is -0.574. The van der Waals surface area contributed by atoms with Crippen LogP contribution in [0.15, 0.2) is 18.5 Å². The van der Waals surface area contributed by atoms with Crippen LogP contribution in [-0.4, -0.2) is 60.4 Å². The third kappa shape index (κ3) is 3.64. The molecule has 0 saturated carbocycles. The Morgan fingerprint density at radius 3 is 2.90 bits per heavy atom. The Bertz CT molecular complexity index is 429. The van der Waals surface area contributed by atoms with Crippen molar-refractivity contribution in [3.8, 4) is 0 Å². The Hall–Kier alpha value is -1.73. The van der Waals surface area contributed by atoms with E-state index in [0.717, 1.165) is 0 Å². The smallest absolute Gasteiger partial charge is 0.225 e. The molecule has 2 rings (SSSR count). The van der Waals surface area contributed by atoms with E-state index in [-0.39, 0.29) is 24.5 Å². The van der Waals surface area contributed by atoms with Gasteiger partial charge in [0, 0.05) is 51.5 Å². The second-order valence-electron chi connectivity index (χ2n) is 4.81. The molecule has 0 aromatic carbocycles. The lowest BCUT2D eigenvalue weighted by Gasteiger charge is -2.17. The summed E-state index contributed by atoms with van der Waals surface area (Å²) in [6, 6.07) is 1.67. The molecule has 2 heterocycles. The fourth-order valence-corrected chi connectivity index (χ4v) is 2.31. The molecule has 7 nitrogen and oxygen atoms in total. The molecular weight excluding hydrogens is 260 g/mol. The van der Waals surface area contributed by atoms with Crippen molar-refractivity contribution in [2.24, 2.45) is 5.92 Å². The molecule has 0 aliphatic carbocycles. The van der Waals surface area contributed by atoms with E-state index in [9.17, 15) is 9.90 Å². The molecular formula is C13H20N4O3. The van der Waals surface area contributed by atoms with Gasteiger partial charge in [0.25, 0.3) is 0 Å². The minimum Gasteiger partial charge on any atom is -0.396 e. The molecule has 2 atom stereocenters. The number of carbonyl (C=O) groups excluding carboxylic acids is 1. The first-order chi connectivity index (χ1) is 9.74. The minimum absolute atomic E-state index is 0.00898. The highest BCUT2D eigenvalue weighted by Gasteiger charge is 2.34. The monoisotopic (exact) mass is 280 g/mol. The number of ether oxygens (including phenoxy) is 1. The molecule has 110 valence electrons. The van der Waals surface area contributed by atoms with Gasteiger partial charge in [0.05, 0.1) is 12.6 Å². The van der Waals surface area contributed by atoms with E-state index in [1.807, 2.05) is 4.90 Å². The lowest BCUT2D eigenvalue weighted by Crippen LogP contribution is -2.41. The Morgan fingerprint density at radius 2 is 2.25 bits per heavy atom. The topological polar surface area (TPSA) is 87.6 Å². The number of aliphatic hydroxyl groups is 1. The number of rotatable bonds is 6. The number of amides is 1. The van der Waals surface area contributed by atoms with Gasteiger partial charge in [-0.15, -0.1) is 0 Å². The van der Waals surface area contributed by atoms with Crippen molar-refractivity contribution < 1.29 is 14.6 Å². The lowest BCUT2D eigenvalue weighted by atomic mass is 10.1. The summed E-state index contributed by atoms with van der Waals surface area (Å²) in [6.07, 6.45) is 3.69. The normalized spacial score (nSPS) is 22.0. The van der Waals surface area contributed by atoms with Crippen molar-refractivity contribution in [1.29, 1.82) is 0 Å². The maximum Gasteiger partial charge on any atom is 0.225 e. The van der Waals surface area contributed by atoms with Crippen LogP contribution in [0.2, 0.25) is 0 Å². The van der Waals surface area contributed by atoms with E-state index in [0.29, 0.717) is 32.1 Å². The first kappa shape index (κ1) is 14.7. The fraction of sp³-hybridized carbons (Fsp3) is 0.615. The molecule has 1 amide bonds. The Morgan fingerprint density at radius 1 is 1.50 bits per heavy atom. The number of aliphatic hydroxyl groups excluding tert-OH is 1. The zero-order chi connectivity index (χ0) is 14.4. The number of hydrogen-bond donors (Lipinski definition) is 2. The van der Waals surface area contributed by atoms with E-state index < -0.39 is 0 Å². The number of nitrogens with one attached hydrogen (secondary N) is 1. The van der Waals surface area contributed by atoms with Crippen LogP contribution in [0.3, 0.4) is 0 Å². The van der Waals surface area contributed by atoms with Gasteiger partial charge in [0.15, 0.2) is 0 Å². The molecule has 0 spiro atoms. The summed E-state index contributed by atoms with van der Waals surface area (Å²) in [7, 11) is 1.56. The molecule has 0 bridgehead atoms. The Balaban J connectivity index is 1.94. The van der Waals surface area contributed by atoms with Gasteiger partial charge in [0.1, 0.15) is 0 Å². The van der Waals surface area contributed by atoms with Gasteiger partial charge in [-0.1, -0.05) is 0 Å². The number of anilines is 1. The number of methoxy groups -OCH3 is 1. The Labute approximate surface area is 118 Å². The molecule has 7 heteroatoms. The second kappa shape index (κ2) is 7.16. The summed E-state index contributed by atoms with van der Waals surface area (Å²) < 4.78 is 4.88. The predicted molar refractivity (Wildman–Crippen MR) is 73.2 cm³/mol. The van der Waals surface area contributed by atoms with E-state index in [1.165, 1.54) is 0 Å². The fourth-order valence-electron chi connectivity index (χ4n) is 2.31. The van der Waals surface area contributed by atoms with E-state index in [4.69, 9.17) is 4.74 Å². The van der Waals surface area contributed by atoms with Crippen LogP contribution in [0.5, 0.6) is 0 Å². The van der Waals surface area contributed by atoms with Crippen molar-refractivity contribution in [3.63, 3.8) is 0 Å². The van der Waals surface area contributed by atoms with Crippen molar-refractivity contribution in [1.82, 2.24) is 15.3 Å². The molecule has 20 heavy (non-hydrogen) atoms. The molecule has 1 fully saturated rings. The molecule has 1 aromatic rings. The van der Waals surface area contributed by atoms with Crippen LogP contribution in [0, 0.1) is 5.92 Å². The van der Waals surface area contributed by atoms with Gasteiger partial charge in [-0.2, -0.15) is 0 Å². The summed E-state index contributed by atoms with van der Waals surface area (Å²) >= 11 is 0. The van der Waals surface area contributed by atoms with Gasteiger partial charge in [0.2, 0.25) is 11.9 Å². The first-order valence-corrected chi connectivity index (χ1v) is 6.65. The highest BCUT2D eigenvalue weighted by atomic mass is 16.5. The van der Waals surface area contributed by atoms with Crippen LogP contribution in [0.4, 0.5) is 5.95 Å². The van der Waals surface area contributed by atoms with Gasteiger partial charge < -0.3 is 20.1 Å². The zero-order valence-electron chi connectivity index (χ0n) is 11.5. The molecule has 2 N–H and O–H groups in total. The summed E-state index contributed by atoms with van der Waals surface area (Å²) in [5, 5.41) is 12.4. The summed E-state index contributed by atoms with van der Waals surface area (Å²) in [6.45, 7) is 1.66. The highest BCUT2D eigenvalue weighted by Crippen LogP contribution is 2.20. The third-order valence-corrected chi connectivity index (χ3v) is 3.39. The second-order valence-corrected chi connectivity index (χ2v) is 4.81. The first-order valence-electron chi connectivity index (χ1n) is 6.65. The van der Waals surface area contributed by atoms with Gasteiger partial charge in [-0.25, -0.2) is 9.97 Å². The average molecular weight is 280 g/mol. The minimum atomic E-state index is -0.0897. The molecule has 0 radical (unpaired) electrons. The van der Waals surface area contributed by atoms with Crippen LogP contribution in [-0.2, 0) is 9.53 Å². The molecule has 1 aliphatic rings. The van der Waals surface area contributed by atoms with Crippen LogP contribution < -0.4 is 10.2 Å². The summed E-state index contributed by atoms with van der Waals surface area (Å²) in [4.78, 5) is 22.1.